The Hall–Kier alpha value is -4.38. The van der Waals surface area contributed by atoms with Gasteiger partial charge in [0.2, 0.25) is 11.9 Å². The number of carbonyl (C=O) groups excluding carboxylic acids is 2. The fraction of sp³-hybridized carbons (Fsp3) is 0.125. The lowest BCUT2D eigenvalue weighted by atomic mass is 10.0. The minimum absolute atomic E-state index is 0.200. The molecule has 0 saturated heterocycles. The number of hydrogen-bond acceptors (Lipinski definition) is 8. The van der Waals surface area contributed by atoms with Gasteiger partial charge in [-0.3, -0.25) is 14.6 Å². The molecule has 0 aliphatic heterocycles. The molecule has 0 saturated carbocycles. The lowest BCUT2D eigenvalue weighted by molar-refractivity contribution is -0.118. The maximum atomic E-state index is 13.1. The first-order chi connectivity index (χ1) is 16.9. The number of nitrogen functional groups attached to an aromatic ring is 1. The number of aromatic nitrogens is 2. The number of nitrogens with one attached hydrogen (secondary N) is 1. The molecule has 1 aromatic carbocycles. The second kappa shape index (κ2) is 10.7. The molecule has 5 N–H and O–H groups in total. The van der Waals surface area contributed by atoms with E-state index in [0.717, 1.165) is 5.56 Å². The van der Waals surface area contributed by atoms with Gasteiger partial charge in [-0.1, -0.05) is 0 Å². The van der Waals surface area contributed by atoms with Crippen LogP contribution < -0.4 is 16.8 Å². The van der Waals surface area contributed by atoms with Crippen LogP contribution in [-0.4, -0.2) is 34.5 Å². The van der Waals surface area contributed by atoms with Crippen molar-refractivity contribution < 1.29 is 18.4 Å². The molecule has 0 aliphatic rings. The number of amides is 2. The topological polar surface area (TPSA) is 149 Å². The van der Waals surface area contributed by atoms with Gasteiger partial charge in [0.05, 0.1) is 12.5 Å². The summed E-state index contributed by atoms with van der Waals surface area (Å²) in [6, 6.07) is 7.98. The Bertz CT molecular complexity index is 1370. The van der Waals surface area contributed by atoms with E-state index < -0.39 is 11.9 Å². The summed E-state index contributed by atoms with van der Waals surface area (Å²) in [5.41, 5.74) is 15.1. The highest BCUT2D eigenvalue weighted by atomic mass is 32.1. The molecule has 35 heavy (non-hydrogen) atoms. The van der Waals surface area contributed by atoms with Gasteiger partial charge in [-0.25, -0.2) is 9.97 Å². The van der Waals surface area contributed by atoms with Crippen LogP contribution in [0.1, 0.15) is 28.9 Å². The van der Waals surface area contributed by atoms with E-state index in [9.17, 15) is 14.0 Å². The standard InChI is InChI=1S/C24H21FN6O3S/c25-21-4-3-14(11-29-21)24-31-20(13-35-24)23(33)30-19-8-16(10-28-6-1-2-22(27)32)18(26)9-17(19)15-5-7-34-12-15/h3-5,7-13H,1-2,6,26H2,(H2,27,32)(H,30,33). The molecule has 0 atom stereocenters. The maximum Gasteiger partial charge on any atom is 0.275 e. The van der Waals surface area contributed by atoms with Crippen LogP contribution in [0.3, 0.4) is 0 Å². The molecule has 178 valence electrons. The first kappa shape index (κ1) is 23.8. The summed E-state index contributed by atoms with van der Waals surface area (Å²) in [6.45, 7) is 0.410. The minimum Gasteiger partial charge on any atom is -0.472 e. The van der Waals surface area contributed by atoms with Crippen LogP contribution in [0.2, 0.25) is 0 Å². The number of halogens is 1. The van der Waals surface area contributed by atoms with Crippen molar-refractivity contribution in [3.63, 3.8) is 0 Å². The van der Waals surface area contributed by atoms with E-state index in [4.69, 9.17) is 15.9 Å². The Labute approximate surface area is 203 Å². The summed E-state index contributed by atoms with van der Waals surface area (Å²) >= 11 is 1.25. The Morgan fingerprint density at radius 2 is 2.09 bits per heavy atom. The summed E-state index contributed by atoms with van der Waals surface area (Å²) in [5.74, 6) is -1.40. The van der Waals surface area contributed by atoms with E-state index in [-0.39, 0.29) is 18.0 Å². The number of hydrogen-bond donors (Lipinski definition) is 3. The van der Waals surface area contributed by atoms with Crippen molar-refractivity contribution in [1.29, 1.82) is 0 Å². The number of aliphatic imine (C=N–C) groups is 1. The number of benzene rings is 1. The molecule has 3 heterocycles. The smallest absolute Gasteiger partial charge is 0.275 e. The number of nitrogens with two attached hydrogens (primary N) is 2. The third-order valence-electron chi connectivity index (χ3n) is 4.96. The minimum atomic E-state index is -0.592. The molecule has 0 radical (unpaired) electrons. The van der Waals surface area contributed by atoms with Crippen molar-refractivity contribution in [2.24, 2.45) is 10.7 Å². The van der Waals surface area contributed by atoms with E-state index in [1.165, 1.54) is 29.9 Å². The number of anilines is 2. The number of primary amides is 1. The van der Waals surface area contributed by atoms with Gasteiger partial charge in [-0.2, -0.15) is 4.39 Å². The van der Waals surface area contributed by atoms with Gasteiger partial charge in [-0.15, -0.1) is 11.3 Å². The zero-order chi connectivity index (χ0) is 24.8. The first-order valence-corrected chi connectivity index (χ1v) is 11.4. The highest BCUT2D eigenvalue weighted by Crippen LogP contribution is 2.33. The molecule has 4 aromatic rings. The number of rotatable bonds is 9. The number of nitrogens with zero attached hydrogens (tertiary/aromatic N) is 3. The van der Waals surface area contributed by atoms with Crippen LogP contribution in [0.25, 0.3) is 21.7 Å². The molecule has 0 spiro atoms. The average molecular weight is 493 g/mol. The zero-order valence-corrected chi connectivity index (χ0v) is 19.2. The van der Waals surface area contributed by atoms with E-state index in [2.05, 4.69) is 20.3 Å². The molecule has 9 nitrogen and oxygen atoms in total. The van der Waals surface area contributed by atoms with Gasteiger partial charge in [0.15, 0.2) is 0 Å². The molecule has 2 amide bonds. The molecular formula is C24H21FN6O3S. The molecular weight excluding hydrogens is 471 g/mol. The molecule has 0 aliphatic carbocycles. The first-order valence-electron chi connectivity index (χ1n) is 10.5. The summed E-state index contributed by atoms with van der Waals surface area (Å²) in [7, 11) is 0. The van der Waals surface area contributed by atoms with Crippen LogP contribution >= 0.6 is 11.3 Å². The molecule has 4 rings (SSSR count). The molecule has 3 aromatic heterocycles. The van der Waals surface area contributed by atoms with Crippen LogP contribution in [0.15, 0.2) is 63.8 Å². The maximum absolute atomic E-state index is 13.1. The predicted molar refractivity (Wildman–Crippen MR) is 133 cm³/mol. The number of carbonyl (C=O) groups is 2. The highest BCUT2D eigenvalue weighted by molar-refractivity contribution is 7.13. The Kier molecular flexibility index (Phi) is 7.27. The fourth-order valence-corrected chi connectivity index (χ4v) is 4.00. The van der Waals surface area contributed by atoms with Gasteiger partial charge >= 0.3 is 0 Å². The van der Waals surface area contributed by atoms with Crippen LogP contribution in [-0.2, 0) is 4.79 Å². The molecule has 0 fully saturated rings. The van der Waals surface area contributed by atoms with Crippen molar-refractivity contribution in [3.05, 3.63) is 71.6 Å². The predicted octanol–water partition coefficient (Wildman–Crippen LogP) is 4.12. The molecule has 11 heteroatoms. The lowest BCUT2D eigenvalue weighted by Crippen LogP contribution is -2.14. The van der Waals surface area contributed by atoms with Gasteiger partial charge in [-0.05, 0) is 36.8 Å². The summed E-state index contributed by atoms with van der Waals surface area (Å²) in [6.07, 6.45) is 6.80. The Balaban J connectivity index is 1.58. The van der Waals surface area contributed by atoms with E-state index in [1.807, 2.05) is 0 Å². The van der Waals surface area contributed by atoms with Gasteiger partial charge < -0.3 is 21.2 Å². The van der Waals surface area contributed by atoms with Crippen molar-refractivity contribution >= 4 is 40.7 Å². The van der Waals surface area contributed by atoms with Gasteiger partial charge in [0, 0.05) is 64.4 Å². The third-order valence-corrected chi connectivity index (χ3v) is 5.85. The van der Waals surface area contributed by atoms with E-state index in [0.29, 0.717) is 46.0 Å². The van der Waals surface area contributed by atoms with Crippen LogP contribution in [0.5, 0.6) is 0 Å². The number of pyridine rings is 1. The van der Waals surface area contributed by atoms with Crippen molar-refractivity contribution in [1.82, 2.24) is 9.97 Å². The number of thiazole rings is 1. The highest BCUT2D eigenvalue weighted by Gasteiger charge is 2.17. The van der Waals surface area contributed by atoms with Crippen LogP contribution in [0, 0.1) is 5.95 Å². The molecule has 0 unspecified atom stereocenters. The summed E-state index contributed by atoms with van der Waals surface area (Å²) < 4.78 is 18.3. The SMILES string of the molecule is NC(=O)CCCN=Cc1cc(NC(=O)c2csc(-c3ccc(F)nc3)n2)c(-c2ccoc2)cc1N. The van der Waals surface area contributed by atoms with Crippen molar-refractivity contribution in [3.8, 4) is 21.7 Å². The fourth-order valence-electron chi connectivity index (χ4n) is 3.21. The van der Waals surface area contributed by atoms with Crippen LogP contribution in [0.4, 0.5) is 15.8 Å². The second-order valence-electron chi connectivity index (χ2n) is 7.51. The quantitative estimate of drug-likeness (QED) is 0.138. The second-order valence-corrected chi connectivity index (χ2v) is 8.36. The van der Waals surface area contributed by atoms with E-state index in [1.54, 1.807) is 42.1 Å². The monoisotopic (exact) mass is 492 g/mol. The Morgan fingerprint density at radius 1 is 1.23 bits per heavy atom. The average Bonchev–Trinajstić information content (AvgIpc) is 3.53. The molecule has 0 bridgehead atoms. The largest absolute Gasteiger partial charge is 0.472 e. The summed E-state index contributed by atoms with van der Waals surface area (Å²) in [4.78, 5) is 36.2. The van der Waals surface area contributed by atoms with Gasteiger partial charge in [0.1, 0.15) is 10.7 Å². The lowest BCUT2D eigenvalue weighted by Gasteiger charge is -2.12. The summed E-state index contributed by atoms with van der Waals surface area (Å²) in [5, 5.41) is 5.04. The van der Waals surface area contributed by atoms with Crippen molar-refractivity contribution in [2.75, 3.05) is 17.6 Å². The normalized spacial score (nSPS) is 11.1. The van der Waals surface area contributed by atoms with E-state index >= 15 is 0 Å². The van der Waals surface area contributed by atoms with Gasteiger partial charge in [0.25, 0.3) is 5.91 Å². The third kappa shape index (κ3) is 5.95. The Morgan fingerprint density at radius 3 is 2.80 bits per heavy atom. The number of furan rings is 1. The zero-order valence-electron chi connectivity index (χ0n) is 18.4. The van der Waals surface area contributed by atoms with Crippen molar-refractivity contribution in [2.45, 2.75) is 12.8 Å².